The van der Waals surface area contributed by atoms with Crippen molar-refractivity contribution in [1.29, 1.82) is 0 Å². The summed E-state index contributed by atoms with van der Waals surface area (Å²) in [5.41, 5.74) is 9.04. The quantitative estimate of drug-likeness (QED) is 0.580. The minimum absolute atomic E-state index is 0.276. The van der Waals surface area contributed by atoms with Crippen LogP contribution in [0, 0.1) is 13.8 Å². The van der Waals surface area contributed by atoms with Gasteiger partial charge in [-0.1, -0.05) is 12.1 Å². The van der Waals surface area contributed by atoms with E-state index in [9.17, 15) is 0 Å². The monoisotopic (exact) mass is 298 g/mol. The molecule has 3 rings (SSSR count). The van der Waals surface area contributed by atoms with Crippen LogP contribution in [0.1, 0.15) is 24.1 Å². The summed E-state index contributed by atoms with van der Waals surface area (Å²) in [6.07, 6.45) is 2.03. The van der Waals surface area contributed by atoms with Crippen LogP contribution >= 0.6 is 0 Å². The van der Waals surface area contributed by atoms with E-state index < -0.39 is 0 Å². The number of hydrogen-bond donors (Lipinski definition) is 3. The number of nitrogens with one attached hydrogen (secondary N) is 2. The van der Waals surface area contributed by atoms with E-state index in [1.165, 1.54) is 5.56 Å². The van der Waals surface area contributed by atoms with Gasteiger partial charge in [0, 0.05) is 5.39 Å². The number of benzene rings is 1. The van der Waals surface area contributed by atoms with Crippen LogP contribution in [0.15, 0.2) is 23.2 Å². The number of hydrogen-bond acceptors (Lipinski definition) is 4. The molecule has 0 unspecified atom stereocenters. The molecule has 2 aromatic rings. The molecule has 2 heterocycles. The third-order valence-corrected chi connectivity index (χ3v) is 3.98. The number of aryl methyl sites for hydroxylation is 2. The van der Waals surface area contributed by atoms with E-state index in [4.69, 9.17) is 5.73 Å². The van der Waals surface area contributed by atoms with Crippen LogP contribution in [-0.4, -0.2) is 35.1 Å². The normalized spacial score (nSPS) is 16.9. The van der Waals surface area contributed by atoms with Gasteiger partial charge >= 0.3 is 0 Å². The van der Waals surface area contributed by atoms with E-state index in [0.29, 0.717) is 11.9 Å². The lowest BCUT2D eigenvalue weighted by molar-refractivity contribution is 0.459. The van der Waals surface area contributed by atoms with Crippen molar-refractivity contribution < 1.29 is 0 Å². The van der Waals surface area contributed by atoms with Gasteiger partial charge in [-0.15, -0.1) is 0 Å². The Bertz CT molecular complexity index is 703. The number of guanidine groups is 1. The average Bonchev–Trinajstić information content (AvgIpc) is 2.47. The van der Waals surface area contributed by atoms with Gasteiger partial charge in [0.05, 0.1) is 17.3 Å². The van der Waals surface area contributed by atoms with Gasteiger partial charge in [-0.25, -0.2) is 15.0 Å². The first kappa shape index (κ1) is 14.7. The summed E-state index contributed by atoms with van der Waals surface area (Å²) in [4.78, 5) is 13.6. The Morgan fingerprint density at radius 2 is 2.05 bits per heavy atom. The molecule has 6 nitrogen and oxygen atoms in total. The molecule has 0 saturated carbocycles. The van der Waals surface area contributed by atoms with Crippen molar-refractivity contribution in [1.82, 2.24) is 15.3 Å². The standard InChI is InChI=1S/C16H22N6/c1-10-4-3-5-13-14(10)11(2)19-16(21-13)22-15(17)20-12-6-8-18-9-7-12/h3-5,12,18H,6-9H2,1-2H3,(H3,17,19,20,21,22). The number of anilines is 1. The Hall–Kier alpha value is -2.21. The molecule has 0 spiro atoms. The molecule has 116 valence electrons. The van der Waals surface area contributed by atoms with Crippen LogP contribution in [0.25, 0.3) is 10.9 Å². The highest BCUT2D eigenvalue weighted by Gasteiger charge is 2.13. The minimum atomic E-state index is 0.276. The number of aliphatic imine (C=N–C) groups is 1. The molecule has 1 aliphatic rings. The molecule has 1 aromatic carbocycles. The number of piperidine rings is 1. The molecule has 4 N–H and O–H groups in total. The van der Waals surface area contributed by atoms with Crippen LogP contribution in [0.4, 0.5) is 5.95 Å². The number of nitrogens with two attached hydrogens (primary N) is 1. The van der Waals surface area contributed by atoms with Crippen molar-refractivity contribution in [2.24, 2.45) is 10.7 Å². The molecule has 0 amide bonds. The van der Waals surface area contributed by atoms with Crippen molar-refractivity contribution in [3.8, 4) is 0 Å². The predicted molar refractivity (Wildman–Crippen MR) is 90.1 cm³/mol. The highest BCUT2D eigenvalue weighted by Crippen LogP contribution is 2.20. The maximum atomic E-state index is 6.00. The van der Waals surface area contributed by atoms with E-state index in [2.05, 4.69) is 38.6 Å². The summed E-state index contributed by atoms with van der Waals surface area (Å²) in [6.45, 7) is 6.04. The predicted octanol–water partition coefficient (Wildman–Crippen LogP) is 1.73. The van der Waals surface area contributed by atoms with E-state index >= 15 is 0 Å². The van der Waals surface area contributed by atoms with Crippen molar-refractivity contribution >= 4 is 22.8 Å². The Kier molecular flexibility index (Phi) is 4.20. The average molecular weight is 298 g/mol. The fourth-order valence-corrected chi connectivity index (χ4v) is 2.91. The molecular formula is C16H22N6. The second kappa shape index (κ2) is 6.27. The third-order valence-electron chi connectivity index (χ3n) is 3.98. The molecule has 0 radical (unpaired) electrons. The van der Waals surface area contributed by atoms with E-state index in [1.807, 2.05) is 19.1 Å². The zero-order valence-corrected chi connectivity index (χ0v) is 13.1. The van der Waals surface area contributed by atoms with Crippen molar-refractivity contribution in [3.63, 3.8) is 0 Å². The Morgan fingerprint density at radius 3 is 2.82 bits per heavy atom. The zero-order valence-electron chi connectivity index (χ0n) is 13.1. The van der Waals surface area contributed by atoms with Gasteiger partial charge < -0.3 is 11.1 Å². The molecule has 0 bridgehead atoms. The Morgan fingerprint density at radius 1 is 1.27 bits per heavy atom. The van der Waals surface area contributed by atoms with Gasteiger partial charge in [0.25, 0.3) is 0 Å². The molecule has 1 aromatic heterocycles. The number of fused-ring (bicyclic) bond motifs is 1. The molecule has 6 heteroatoms. The summed E-state index contributed by atoms with van der Waals surface area (Å²) in [5.74, 6) is 0.893. The molecule has 0 atom stereocenters. The lowest BCUT2D eigenvalue weighted by atomic mass is 10.1. The molecule has 1 aliphatic heterocycles. The SMILES string of the molecule is Cc1cccc2nc(NC(N)=NC3CCNCC3)nc(C)c12. The van der Waals surface area contributed by atoms with E-state index in [-0.39, 0.29) is 6.04 Å². The molecule has 1 fully saturated rings. The first-order chi connectivity index (χ1) is 10.6. The fraction of sp³-hybridized carbons (Fsp3) is 0.438. The van der Waals surface area contributed by atoms with Crippen molar-refractivity contribution in [2.75, 3.05) is 18.4 Å². The van der Waals surface area contributed by atoms with Gasteiger partial charge in [-0.3, -0.25) is 5.32 Å². The van der Waals surface area contributed by atoms with Crippen LogP contribution in [0.3, 0.4) is 0 Å². The first-order valence-electron chi connectivity index (χ1n) is 7.68. The van der Waals surface area contributed by atoms with Gasteiger partial charge in [0.15, 0.2) is 5.96 Å². The molecule has 0 aliphatic carbocycles. The second-order valence-electron chi connectivity index (χ2n) is 5.72. The maximum Gasteiger partial charge on any atom is 0.230 e. The summed E-state index contributed by atoms with van der Waals surface area (Å²) in [7, 11) is 0. The van der Waals surface area contributed by atoms with Gasteiger partial charge in [0.2, 0.25) is 5.95 Å². The highest BCUT2D eigenvalue weighted by molar-refractivity contribution is 5.92. The van der Waals surface area contributed by atoms with Gasteiger partial charge in [-0.2, -0.15) is 0 Å². The summed E-state index contributed by atoms with van der Waals surface area (Å²) >= 11 is 0. The Labute approximate surface area is 130 Å². The largest absolute Gasteiger partial charge is 0.370 e. The van der Waals surface area contributed by atoms with Crippen LogP contribution in [0.2, 0.25) is 0 Å². The molecular weight excluding hydrogens is 276 g/mol. The lowest BCUT2D eigenvalue weighted by Gasteiger charge is -2.19. The van der Waals surface area contributed by atoms with Crippen LogP contribution in [-0.2, 0) is 0 Å². The van der Waals surface area contributed by atoms with E-state index in [1.54, 1.807) is 0 Å². The van der Waals surface area contributed by atoms with Crippen molar-refractivity contribution in [3.05, 3.63) is 29.5 Å². The number of rotatable bonds is 2. The number of aromatic nitrogens is 2. The molecule has 22 heavy (non-hydrogen) atoms. The minimum Gasteiger partial charge on any atom is -0.370 e. The summed E-state index contributed by atoms with van der Waals surface area (Å²) in [6, 6.07) is 6.33. The Balaban J connectivity index is 1.83. The van der Waals surface area contributed by atoms with Gasteiger partial charge in [0.1, 0.15) is 0 Å². The first-order valence-corrected chi connectivity index (χ1v) is 7.68. The lowest BCUT2D eigenvalue weighted by Crippen LogP contribution is -2.33. The molecule has 1 saturated heterocycles. The number of nitrogens with zero attached hydrogens (tertiary/aromatic N) is 3. The fourth-order valence-electron chi connectivity index (χ4n) is 2.91. The zero-order chi connectivity index (χ0) is 15.5. The van der Waals surface area contributed by atoms with Gasteiger partial charge in [-0.05, 0) is 51.4 Å². The van der Waals surface area contributed by atoms with Crippen LogP contribution in [0.5, 0.6) is 0 Å². The third kappa shape index (κ3) is 3.17. The topological polar surface area (TPSA) is 88.2 Å². The van der Waals surface area contributed by atoms with Crippen molar-refractivity contribution in [2.45, 2.75) is 32.7 Å². The summed E-state index contributed by atoms with van der Waals surface area (Å²) < 4.78 is 0. The van der Waals surface area contributed by atoms with Crippen LogP contribution < -0.4 is 16.4 Å². The highest BCUT2D eigenvalue weighted by atomic mass is 15.2. The maximum absolute atomic E-state index is 6.00. The smallest absolute Gasteiger partial charge is 0.230 e. The second-order valence-corrected chi connectivity index (χ2v) is 5.72. The van der Waals surface area contributed by atoms with E-state index in [0.717, 1.165) is 42.5 Å². The summed E-state index contributed by atoms with van der Waals surface area (Å²) in [5, 5.41) is 7.44.